The van der Waals surface area contributed by atoms with Gasteiger partial charge in [0, 0.05) is 0 Å². The summed E-state index contributed by atoms with van der Waals surface area (Å²) in [5.41, 5.74) is 3.77. The van der Waals surface area contributed by atoms with Crippen LogP contribution in [0.25, 0.3) is 12.2 Å². The van der Waals surface area contributed by atoms with Crippen molar-refractivity contribution in [1.82, 2.24) is 0 Å². The fourth-order valence-electron chi connectivity index (χ4n) is 1.28. The first-order valence-corrected chi connectivity index (χ1v) is 6.14. The summed E-state index contributed by atoms with van der Waals surface area (Å²) in [6.07, 6.45) is 6.06. The normalized spacial score (nSPS) is 8.62. The molecule has 0 fully saturated rings. The Kier molecular flexibility index (Phi) is 12.6. The summed E-state index contributed by atoms with van der Waals surface area (Å²) in [4.78, 5) is 0. The first-order chi connectivity index (χ1) is 7.79. The molecule has 0 spiro atoms. The third-order valence-corrected chi connectivity index (χ3v) is 1.91. The zero-order chi connectivity index (χ0) is 13.0. The molecule has 90 valence electrons. The molecule has 0 aliphatic heterocycles. The van der Waals surface area contributed by atoms with Crippen molar-refractivity contribution in [3.8, 4) is 0 Å². The molecule has 1 aromatic carbocycles. The number of allylic oxidation sites excluding steroid dienone is 1. The predicted octanol–water partition coefficient (Wildman–Crippen LogP) is 5.72. The third-order valence-electron chi connectivity index (χ3n) is 1.91. The van der Waals surface area contributed by atoms with E-state index < -0.39 is 0 Å². The van der Waals surface area contributed by atoms with Gasteiger partial charge in [-0.3, -0.25) is 0 Å². The van der Waals surface area contributed by atoms with E-state index in [-0.39, 0.29) is 0 Å². The molecule has 0 radical (unpaired) electrons. The molecular weight excluding hydrogens is 192 g/mol. The van der Waals surface area contributed by atoms with Gasteiger partial charge >= 0.3 is 0 Å². The van der Waals surface area contributed by atoms with Crippen LogP contribution in [-0.4, -0.2) is 0 Å². The molecule has 0 heteroatoms. The van der Waals surface area contributed by atoms with Crippen LogP contribution >= 0.6 is 0 Å². The smallest absolute Gasteiger partial charge is 0.0158 e. The van der Waals surface area contributed by atoms with Gasteiger partial charge in [0.2, 0.25) is 0 Å². The topological polar surface area (TPSA) is 0 Å². The van der Waals surface area contributed by atoms with Gasteiger partial charge in [0.05, 0.1) is 0 Å². The van der Waals surface area contributed by atoms with Crippen molar-refractivity contribution >= 4 is 12.2 Å². The standard InChI is InChI=1S/C12H14.2C2H6/c1-4-7-12-10(3)8-6-9-11(12)5-2;2*1-2/h4-9H,2H2,1,3H3;2*1-2H3/b7-4-;;. The Balaban J connectivity index is 0. The van der Waals surface area contributed by atoms with Gasteiger partial charge in [0.25, 0.3) is 0 Å². The molecule has 0 aliphatic carbocycles. The lowest BCUT2D eigenvalue weighted by Gasteiger charge is -2.03. The van der Waals surface area contributed by atoms with E-state index in [4.69, 9.17) is 0 Å². The molecule has 0 saturated carbocycles. The third kappa shape index (κ3) is 5.55. The fourth-order valence-corrected chi connectivity index (χ4v) is 1.28. The maximum atomic E-state index is 3.78. The zero-order valence-corrected chi connectivity index (χ0v) is 11.7. The van der Waals surface area contributed by atoms with Gasteiger partial charge in [-0.25, -0.2) is 0 Å². The van der Waals surface area contributed by atoms with E-state index in [2.05, 4.69) is 43.9 Å². The van der Waals surface area contributed by atoms with E-state index in [1.807, 2.05) is 40.7 Å². The summed E-state index contributed by atoms with van der Waals surface area (Å²) in [6.45, 7) is 15.9. The number of aryl methyl sites for hydroxylation is 1. The first kappa shape index (κ1) is 17.1. The highest BCUT2D eigenvalue weighted by atomic mass is 14.0. The summed E-state index contributed by atoms with van der Waals surface area (Å²) in [5, 5.41) is 0. The number of hydrogen-bond acceptors (Lipinski definition) is 0. The molecule has 0 unspecified atom stereocenters. The summed E-state index contributed by atoms with van der Waals surface area (Å²) in [5.74, 6) is 0. The van der Waals surface area contributed by atoms with Crippen LogP contribution in [0, 0.1) is 6.92 Å². The summed E-state index contributed by atoms with van der Waals surface area (Å²) in [7, 11) is 0. The molecule has 0 nitrogen and oxygen atoms in total. The molecule has 0 N–H and O–H groups in total. The second kappa shape index (κ2) is 11.8. The molecule has 1 aromatic rings. The van der Waals surface area contributed by atoms with E-state index in [1.165, 1.54) is 16.7 Å². The molecule has 1 rings (SSSR count). The molecule has 0 saturated heterocycles. The van der Waals surface area contributed by atoms with Crippen molar-refractivity contribution in [3.05, 3.63) is 47.5 Å². The van der Waals surface area contributed by atoms with E-state index in [1.54, 1.807) is 0 Å². The van der Waals surface area contributed by atoms with Crippen molar-refractivity contribution in [2.75, 3.05) is 0 Å². The molecule has 16 heavy (non-hydrogen) atoms. The lowest BCUT2D eigenvalue weighted by molar-refractivity contribution is 1.43. The summed E-state index contributed by atoms with van der Waals surface area (Å²) >= 11 is 0. The van der Waals surface area contributed by atoms with Gasteiger partial charge in [-0.2, -0.15) is 0 Å². The van der Waals surface area contributed by atoms with E-state index in [0.717, 1.165) is 0 Å². The van der Waals surface area contributed by atoms with Gasteiger partial charge in [0.15, 0.2) is 0 Å². The number of hydrogen-bond donors (Lipinski definition) is 0. The molecule has 0 amide bonds. The minimum absolute atomic E-state index is 1.20. The van der Waals surface area contributed by atoms with E-state index in [9.17, 15) is 0 Å². The van der Waals surface area contributed by atoms with Crippen molar-refractivity contribution in [2.45, 2.75) is 41.5 Å². The average molecular weight is 218 g/mol. The minimum atomic E-state index is 1.20. The van der Waals surface area contributed by atoms with Gasteiger partial charge in [-0.15, -0.1) is 0 Å². The molecule has 0 heterocycles. The minimum Gasteiger partial charge on any atom is -0.0984 e. The van der Waals surface area contributed by atoms with Crippen molar-refractivity contribution in [3.63, 3.8) is 0 Å². The molecule has 0 aliphatic rings. The Bertz CT molecular complexity index is 306. The highest BCUT2D eigenvalue weighted by molar-refractivity contribution is 5.66. The molecular formula is C16H26. The van der Waals surface area contributed by atoms with Gasteiger partial charge < -0.3 is 0 Å². The van der Waals surface area contributed by atoms with E-state index in [0.29, 0.717) is 0 Å². The van der Waals surface area contributed by atoms with Gasteiger partial charge in [0.1, 0.15) is 0 Å². The highest BCUT2D eigenvalue weighted by Crippen LogP contribution is 2.16. The molecule has 0 aromatic heterocycles. The van der Waals surface area contributed by atoms with Gasteiger partial charge in [-0.1, -0.05) is 70.7 Å². The second-order valence-corrected chi connectivity index (χ2v) is 2.78. The second-order valence-electron chi connectivity index (χ2n) is 2.78. The number of benzene rings is 1. The zero-order valence-electron chi connectivity index (χ0n) is 11.7. The Morgan fingerprint density at radius 1 is 1.06 bits per heavy atom. The summed E-state index contributed by atoms with van der Waals surface area (Å²) < 4.78 is 0. The average Bonchev–Trinajstić information content (AvgIpc) is 2.37. The van der Waals surface area contributed by atoms with Crippen LogP contribution in [0.4, 0.5) is 0 Å². The van der Waals surface area contributed by atoms with Crippen molar-refractivity contribution < 1.29 is 0 Å². The molecule has 0 atom stereocenters. The lowest BCUT2D eigenvalue weighted by Crippen LogP contribution is -1.84. The largest absolute Gasteiger partial charge is 0.0984 e. The SMILES string of the molecule is C=Cc1cccc(C)c1/C=C\C.CC.CC. The van der Waals surface area contributed by atoms with Crippen LogP contribution in [0.2, 0.25) is 0 Å². The maximum absolute atomic E-state index is 3.78. The van der Waals surface area contributed by atoms with Crippen LogP contribution < -0.4 is 0 Å². The fraction of sp³-hybridized carbons (Fsp3) is 0.375. The summed E-state index contributed by atoms with van der Waals surface area (Å²) in [6, 6.07) is 6.25. The van der Waals surface area contributed by atoms with Gasteiger partial charge in [-0.05, 0) is 30.5 Å². The monoisotopic (exact) mass is 218 g/mol. The van der Waals surface area contributed by atoms with Crippen LogP contribution in [0.5, 0.6) is 0 Å². The Morgan fingerprint density at radius 2 is 1.62 bits per heavy atom. The Hall–Kier alpha value is -1.30. The van der Waals surface area contributed by atoms with Crippen LogP contribution in [0.1, 0.15) is 51.3 Å². The van der Waals surface area contributed by atoms with Crippen LogP contribution in [0.15, 0.2) is 30.9 Å². The predicted molar refractivity (Wildman–Crippen MR) is 78.7 cm³/mol. The number of rotatable bonds is 2. The van der Waals surface area contributed by atoms with Crippen molar-refractivity contribution in [2.24, 2.45) is 0 Å². The van der Waals surface area contributed by atoms with Crippen LogP contribution in [-0.2, 0) is 0 Å². The van der Waals surface area contributed by atoms with Crippen molar-refractivity contribution in [1.29, 1.82) is 0 Å². The van der Waals surface area contributed by atoms with E-state index >= 15 is 0 Å². The highest BCUT2D eigenvalue weighted by Gasteiger charge is 1.96. The van der Waals surface area contributed by atoms with Crippen LogP contribution in [0.3, 0.4) is 0 Å². The first-order valence-electron chi connectivity index (χ1n) is 6.14. The molecule has 0 bridgehead atoms. The Morgan fingerprint density at radius 3 is 2.06 bits per heavy atom. The quantitative estimate of drug-likeness (QED) is 0.595. The Labute approximate surface area is 102 Å². The lowest BCUT2D eigenvalue weighted by atomic mass is 10.0. The maximum Gasteiger partial charge on any atom is -0.0158 e.